The van der Waals surface area contributed by atoms with Gasteiger partial charge in [-0.25, -0.2) is 0 Å². The van der Waals surface area contributed by atoms with Crippen LogP contribution in [-0.2, 0) is 9.59 Å². The van der Waals surface area contributed by atoms with Crippen LogP contribution in [0.5, 0.6) is 0 Å². The summed E-state index contributed by atoms with van der Waals surface area (Å²) < 4.78 is 0. The number of aliphatic carboxylic acids is 1. The van der Waals surface area contributed by atoms with Crippen LogP contribution in [0.25, 0.3) is 0 Å². The van der Waals surface area contributed by atoms with Gasteiger partial charge in [0, 0.05) is 13.1 Å². The van der Waals surface area contributed by atoms with Crippen molar-refractivity contribution in [2.75, 3.05) is 7.05 Å². The highest BCUT2D eigenvalue weighted by Gasteiger charge is 2.72. The van der Waals surface area contributed by atoms with Crippen LogP contribution in [0.2, 0.25) is 0 Å². The van der Waals surface area contributed by atoms with Crippen LogP contribution in [0.3, 0.4) is 0 Å². The Morgan fingerprint density at radius 2 is 1.16 bits per heavy atom. The first-order chi connectivity index (χ1) is 15.3. The number of carbonyl (C=O) groups excluding carboxylic acids is 1. The Morgan fingerprint density at radius 3 is 1.62 bits per heavy atom. The lowest BCUT2D eigenvalue weighted by Crippen LogP contribution is -2.67. The van der Waals surface area contributed by atoms with Crippen molar-refractivity contribution < 1.29 is 14.7 Å². The topological polar surface area (TPSA) is 57.6 Å². The normalized spacial score (nSPS) is 53.2. The van der Waals surface area contributed by atoms with Crippen molar-refractivity contribution in [1.82, 2.24) is 4.90 Å². The largest absolute Gasteiger partial charge is 0.481 e. The van der Waals surface area contributed by atoms with Gasteiger partial charge in [-0.2, -0.15) is 0 Å². The second-order valence-corrected chi connectivity index (χ2v) is 14.2. The highest BCUT2D eigenvalue weighted by molar-refractivity contribution is 5.83. The monoisotopic (exact) mass is 439 g/mol. The van der Waals surface area contributed by atoms with E-state index in [1.165, 1.54) is 64.2 Å². The summed E-state index contributed by atoms with van der Waals surface area (Å²) in [6, 6.07) is 0.460. The molecule has 0 aromatic heterocycles. The van der Waals surface area contributed by atoms with Crippen molar-refractivity contribution in [3.05, 3.63) is 0 Å². The fourth-order valence-electron chi connectivity index (χ4n) is 12.1. The fraction of sp³-hybridized carbons (Fsp3) is 0.929. The van der Waals surface area contributed by atoms with Crippen molar-refractivity contribution in [3.8, 4) is 0 Å². The van der Waals surface area contributed by atoms with E-state index in [0.717, 1.165) is 38.5 Å². The molecule has 9 rings (SSSR count). The summed E-state index contributed by atoms with van der Waals surface area (Å²) in [5, 5.41) is 10.3. The van der Waals surface area contributed by atoms with Gasteiger partial charge in [0.1, 0.15) is 0 Å². The number of carboxylic acid groups (broad SMARTS) is 1. The molecule has 0 aromatic rings. The van der Waals surface area contributed by atoms with E-state index < -0.39 is 11.4 Å². The summed E-state index contributed by atoms with van der Waals surface area (Å²) in [5.74, 6) is 2.60. The molecule has 0 saturated heterocycles. The van der Waals surface area contributed by atoms with Crippen molar-refractivity contribution in [1.29, 1.82) is 0 Å². The summed E-state index contributed by atoms with van der Waals surface area (Å²) in [6.07, 6.45) is 18.7. The molecule has 4 nitrogen and oxygen atoms in total. The van der Waals surface area contributed by atoms with Gasteiger partial charge in [0.15, 0.2) is 0 Å². The zero-order valence-corrected chi connectivity index (χ0v) is 19.9. The molecular weight excluding hydrogens is 398 g/mol. The minimum Gasteiger partial charge on any atom is -0.481 e. The van der Waals surface area contributed by atoms with E-state index in [9.17, 15) is 14.7 Å². The molecule has 0 heterocycles. The Bertz CT molecular complexity index is 829. The number of hydrogen-bond acceptors (Lipinski definition) is 2. The molecule has 9 aliphatic carbocycles. The first-order valence-electron chi connectivity index (χ1n) is 13.8. The van der Waals surface area contributed by atoms with Gasteiger partial charge in [-0.3, -0.25) is 9.59 Å². The van der Waals surface area contributed by atoms with Gasteiger partial charge in [0.05, 0.1) is 10.8 Å². The second kappa shape index (κ2) is 6.33. The van der Waals surface area contributed by atoms with Crippen molar-refractivity contribution in [2.24, 2.45) is 45.3 Å². The summed E-state index contributed by atoms with van der Waals surface area (Å²) in [6.45, 7) is 0. The quantitative estimate of drug-likeness (QED) is 0.616. The summed E-state index contributed by atoms with van der Waals surface area (Å²) in [7, 11) is 2.10. The maximum Gasteiger partial charge on any atom is 0.309 e. The third kappa shape index (κ3) is 2.51. The van der Waals surface area contributed by atoms with Crippen LogP contribution in [0.15, 0.2) is 0 Å². The number of amides is 1. The average molecular weight is 440 g/mol. The van der Waals surface area contributed by atoms with Gasteiger partial charge in [-0.15, -0.1) is 0 Å². The molecule has 9 fully saturated rings. The van der Waals surface area contributed by atoms with Crippen LogP contribution < -0.4 is 0 Å². The smallest absolute Gasteiger partial charge is 0.309 e. The van der Waals surface area contributed by atoms with E-state index in [1.54, 1.807) is 0 Å². The Balaban J connectivity index is 1.26. The number of carbonyl (C=O) groups is 2. The molecule has 0 radical (unpaired) electrons. The lowest BCUT2D eigenvalue weighted by atomic mass is 9.31. The SMILES string of the molecule is CN(C(=O)C12CC3CC(C1)CC(C14CC5CC(CC(C(=O)O)(C5)C1)C4)(C3)C2)C1CCCC1. The van der Waals surface area contributed by atoms with E-state index in [-0.39, 0.29) is 16.2 Å². The van der Waals surface area contributed by atoms with Gasteiger partial charge in [-0.05, 0) is 124 Å². The second-order valence-electron chi connectivity index (χ2n) is 14.2. The van der Waals surface area contributed by atoms with Gasteiger partial charge in [0.2, 0.25) is 5.91 Å². The number of hydrogen-bond donors (Lipinski definition) is 1. The number of rotatable bonds is 4. The fourth-order valence-corrected chi connectivity index (χ4v) is 12.1. The van der Waals surface area contributed by atoms with Gasteiger partial charge >= 0.3 is 5.97 Å². The maximum atomic E-state index is 14.2. The first kappa shape index (κ1) is 20.3. The molecule has 9 aliphatic rings. The Morgan fingerprint density at radius 1 is 0.719 bits per heavy atom. The van der Waals surface area contributed by atoms with Crippen molar-refractivity contribution >= 4 is 11.9 Å². The van der Waals surface area contributed by atoms with Crippen LogP contribution in [0.1, 0.15) is 103 Å². The maximum absolute atomic E-state index is 14.2. The van der Waals surface area contributed by atoms with Crippen LogP contribution in [0.4, 0.5) is 0 Å². The zero-order chi connectivity index (χ0) is 21.9. The molecule has 176 valence electrons. The molecule has 0 spiro atoms. The minimum atomic E-state index is -0.507. The number of carboxylic acids is 1. The van der Waals surface area contributed by atoms with Crippen LogP contribution in [-0.4, -0.2) is 35.0 Å². The summed E-state index contributed by atoms with van der Waals surface area (Å²) >= 11 is 0. The number of nitrogens with zero attached hydrogens (tertiary/aromatic N) is 1. The summed E-state index contributed by atoms with van der Waals surface area (Å²) in [5.41, 5.74) is -0.154. The van der Waals surface area contributed by atoms with E-state index in [1.807, 2.05) is 0 Å². The molecule has 0 aliphatic heterocycles. The molecule has 4 atom stereocenters. The van der Waals surface area contributed by atoms with E-state index in [4.69, 9.17) is 0 Å². The highest BCUT2D eigenvalue weighted by atomic mass is 16.4. The van der Waals surface area contributed by atoms with E-state index >= 15 is 0 Å². The van der Waals surface area contributed by atoms with Gasteiger partial charge in [-0.1, -0.05) is 12.8 Å². The Labute approximate surface area is 192 Å². The molecule has 0 aromatic carbocycles. The lowest BCUT2D eigenvalue weighted by molar-refractivity contribution is -0.240. The molecule has 4 heteroatoms. The predicted molar refractivity (Wildman–Crippen MR) is 122 cm³/mol. The molecule has 4 unspecified atom stereocenters. The van der Waals surface area contributed by atoms with Crippen LogP contribution >= 0.6 is 0 Å². The standard InChI is InChI=1S/C28H41NO3/c1-29(22-4-2-3-5-22)23(30)25-8-18-6-19(9-25)13-27(12-18,16-25)28-14-20-7-21(15-28)11-26(10-20,17-28)24(31)32/h18-22H,2-17H2,1H3,(H,31,32). The predicted octanol–water partition coefficient (Wildman–Crippen LogP) is 5.65. The average Bonchev–Trinajstić information content (AvgIpc) is 3.25. The molecule has 32 heavy (non-hydrogen) atoms. The molecular formula is C28H41NO3. The van der Waals surface area contributed by atoms with Crippen LogP contribution in [0, 0.1) is 45.3 Å². The third-order valence-electron chi connectivity index (χ3n) is 12.3. The molecule has 9 saturated carbocycles. The Hall–Kier alpha value is -1.06. The van der Waals surface area contributed by atoms with Gasteiger partial charge < -0.3 is 10.0 Å². The highest BCUT2D eigenvalue weighted by Crippen LogP contribution is 2.78. The molecule has 8 bridgehead atoms. The van der Waals surface area contributed by atoms with Gasteiger partial charge in [0.25, 0.3) is 0 Å². The van der Waals surface area contributed by atoms with Crippen molar-refractivity contribution in [2.45, 2.75) is 109 Å². The molecule has 1 amide bonds. The zero-order valence-electron chi connectivity index (χ0n) is 19.9. The third-order valence-corrected chi connectivity index (χ3v) is 12.3. The first-order valence-corrected chi connectivity index (χ1v) is 13.8. The minimum absolute atomic E-state index is 0.138. The molecule has 1 N–H and O–H groups in total. The van der Waals surface area contributed by atoms with E-state index in [2.05, 4.69) is 11.9 Å². The summed E-state index contributed by atoms with van der Waals surface area (Å²) in [4.78, 5) is 28.9. The van der Waals surface area contributed by atoms with E-state index in [0.29, 0.717) is 35.6 Å². The Kier molecular flexibility index (Phi) is 4.02. The van der Waals surface area contributed by atoms with Crippen molar-refractivity contribution in [3.63, 3.8) is 0 Å². The lowest BCUT2D eigenvalue weighted by Gasteiger charge is -2.73.